The van der Waals surface area contributed by atoms with E-state index >= 15 is 0 Å². The van der Waals surface area contributed by atoms with Crippen LogP contribution in [0.5, 0.6) is 5.75 Å². The number of benzene rings is 2. The number of aliphatic imine (C=N–C) groups is 1. The molecule has 0 aliphatic rings. The quantitative estimate of drug-likeness (QED) is 0.217. The smallest absolute Gasteiger partial charge is 0.221 e. The summed E-state index contributed by atoms with van der Waals surface area (Å²) in [5.74, 6) is 1.01. The lowest BCUT2D eigenvalue weighted by atomic mass is 10.1. The molecule has 0 heterocycles. The van der Waals surface area contributed by atoms with E-state index in [-0.39, 0.29) is 35.7 Å². The van der Waals surface area contributed by atoms with Crippen LogP contribution in [-0.2, 0) is 11.3 Å². The lowest BCUT2D eigenvalue weighted by Crippen LogP contribution is -2.39. The second-order valence-electron chi connectivity index (χ2n) is 6.26. The molecule has 29 heavy (non-hydrogen) atoms. The highest BCUT2D eigenvalue weighted by atomic mass is 127. The van der Waals surface area contributed by atoms with Crippen LogP contribution in [0.25, 0.3) is 0 Å². The maximum Gasteiger partial charge on any atom is 0.221 e. The van der Waals surface area contributed by atoms with Crippen molar-refractivity contribution in [3.8, 4) is 5.75 Å². The Hall–Kier alpha value is -2.36. The molecule has 1 amide bonds. The molecule has 0 aliphatic carbocycles. The minimum Gasteiger partial charge on any atom is -0.492 e. The number of anilines is 1. The molecule has 0 saturated heterocycles. The van der Waals surface area contributed by atoms with Crippen LogP contribution >= 0.6 is 24.0 Å². The topological polar surface area (TPSA) is 74.8 Å². The number of rotatable bonds is 8. The Morgan fingerprint density at radius 3 is 2.66 bits per heavy atom. The molecule has 8 heteroatoms. The highest BCUT2D eigenvalue weighted by Gasteiger charge is 2.02. The number of nitrogens with one attached hydrogen (secondary N) is 3. The van der Waals surface area contributed by atoms with Crippen molar-refractivity contribution in [2.75, 3.05) is 25.0 Å². The van der Waals surface area contributed by atoms with Gasteiger partial charge in [0.05, 0.1) is 13.1 Å². The van der Waals surface area contributed by atoms with Gasteiger partial charge in [0.25, 0.3) is 0 Å². The van der Waals surface area contributed by atoms with E-state index in [2.05, 4.69) is 20.9 Å². The third-order valence-corrected chi connectivity index (χ3v) is 3.80. The molecule has 3 N–H and O–H groups in total. The van der Waals surface area contributed by atoms with E-state index in [4.69, 9.17) is 4.74 Å². The fraction of sp³-hybridized carbons (Fsp3) is 0.333. The third kappa shape index (κ3) is 9.12. The van der Waals surface area contributed by atoms with Gasteiger partial charge in [0, 0.05) is 25.2 Å². The molecule has 0 aliphatic heterocycles. The van der Waals surface area contributed by atoms with Crippen LogP contribution in [0.15, 0.2) is 47.5 Å². The van der Waals surface area contributed by atoms with Crippen molar-refractivity contribution in [1.82, 2.24) is 10.6 Å². The lowest BCUT2D eigenvalue weighted by molar-refractivity contribution is -0.114. The van der Waals surface area contributed by atoms with Gasteiger partial charge in [-0.2, -0.15) is 0 Å². The largest absolute Gasteiger partial charge is 0.492 e. The Morgan fingerprint density at radius 1 is 1.17 bits per heavy atom. The molecule has 0 radical (unpaired) electrons. The van der Waals surface area contributed by atoms with E-state index in [1.54, 1.807) is 31.2 Å². The summed E-state index contributed by atoms with van der Waals surface area (Å²) in [6.07, 6.45) is 0. The van der Waals surface area contributed by atoms with Gasteiger partial charge < -0.3 is 20.7 Å². The van der Waals surface area contributed by atoms with Gasteiger partial charge in [-0.05, 0) is 43.2 Å². The summed E-state index contributed by atoms with van der Waals surface area (Å²) in [6, 6.07) is 12.2. The van der Waals surface area contributed by atoms with E-state index < -0.39 is 0 Å². The average Bonchev–Trinajstić information content (AvgIpc) is 2.65. The van der Waals surface area contributed by atoms with E-state index in [0.717, 1.165) is 12.1 Å². The van der Waals surface area contributed by atoms with Gasteiger partial charge >= 0.3 is 0 Å². The van der Waals surface area contributed by atoms with Crippen LogP contribution in [0.2, 0.25) is 0 Å². The minimum atomic E-state index is -0.211. The Balaban J connectivity index is 0.00000420. The summed E-state index contributed by atoms with van der Waals surface area (Å²) >= 11 is 0. The number of hydrogen-bond acceptors (Lipinski definition) is 3. The van der Waals surface area contributed by atoms with Crippen LogP contribution in [0.3, 0.4) is 0 Å². The molecule has 0 spiro atoms. The number of nitrogens with zero attached hydrogens (tertiary/aromatic N) is 1. The molecule has 0 bridgehead atoms. The number of amides is 1. The molecule has 158 valence electrons. The zero-order valence-corrected chi connectivity index (χ0v) is 19.3. The SMILES string of the molecule is CCNC(=NCc1ccc(F)c(C)c1)NCCOc1cccc(NC(C)=O)c1.I. The zero-order valence-electron chi connectivity index (χ0n) is 16.9. The van der Waals surface area contributed by atoms with Crippen LogP contribution in [-0.4, -0.2) is 31.6 Å². The van der Waals surface area contributed by atoms with E-state index in [1.165, 1.54) is 13.0 Å². The molecule has 0 unspecified atom stereocenters. The van der Waals surface area contributed by atoms with Crippen molar-refractivity contribution in [1.29, 1.82) is 0 Å². The highest BCUT2D eigenvalue weighted by Crippen LogP contribution is 2.17. The van der Waals surface area contributed by atoms with Crippen LogP contribution in [0.4, 0.5) is 10.1 Å². The summed E-state index contributed by atoms with van der Waals surface area (Å²) in [4.78, 5) is 15.6. The first kappa shape index (κ1) is 24.7. The number of guanidine groups is 1. The normalized spacial score (nSPS) is 10.7. The number of ether oxygens (including phenoxy) is 1. The van der Waals surface area contributed by atoms with Crippen molar-refractivity contribution in [3.05, 3.63) is 59.4 Å². The van der Waals surface area contributed by atoms with Crippen molar-refractivity contribution < 1.29 is 13.9 Å². The van der Waals surface area contributed by atoms with Gasteiger partial charge in [-0.15, -0.1) is 24.0 Å². The summed E-state index contributed by atoms with van der Waals surface area (Å²) in [5.41, 5.74) is 2.25. The monoisotopic (exact) mass is 514 g/mol. The lowest BCUT2D eigenvalue weighted by Gasteiger charge is -2.13. The Labute approximate surface area is 188 Å². The minimum absolute atomic E-state index is 0. The second-order valence-corrected chi connectivity index (χ2v) is 6.26. The van der Waals surface area contributed by atoms with Crippen molar-refractivity contribution >= 4 is 41.5 Å². The maximum absolute atomic E-state index is 13.4. The van der Waals surface area contributed by atoms with E-state index in [9.17, 15) is 9.18 Å². The highest BCUT2D eigenvalue weighted by molar-refractivity contribution is 14.0. The van der Waals surface area contributed by atoms with Crippen molar-refractivity contribution in [2.24, 2.45) is 4.99 Å². The van der Waals surface area contributed by atoms with Gasteiger partial charge in [0.1, 0.15) is 18.2 Å². The number of halogens is 2. The first-order valence-electron chi connectivity index (χ1n) is 9.25. The van der Waals surface area contributed by atoms with Gasteiger partial charge in [-0.25, -0.2) is 9.38 Å². The summed E-state index contributed by atoms with van der Waals surface area (Å²) < 4.78 is 19.1. The van der Waals surface area contributed by atoms with Gasteiger partial charge in [0.2, 0.25) is 5.91 Å². The first-order chi connectivity index (χ1) is 13.5. The fourth-order valence-corrected chi connectivity index (χ4v) is 2.52. The standard InChI is InChI=1S/C21H27FN4O2.HI/c1-4-23-21(25-14-17-8-9-20(22)15(2)12-17)24-10-11-28-19-7-5-6-18(13-19)26-16(3)27;/h5-9,12-13H,4,10-11,14H2,1-3H3,(H,26,27)(H2,23,24,25);1H. The third-order valence-electron chi connectivity index (χ3n) is 3.80. The summed E-state index contributed by atoms with van der Waals surface area (Å²) in [5, 5.41) is 9.10. The fourth-order valence-electron chi connectivity index (χ4n) is 2.52. The van der Waals surface area contributed by atoms with Gasteiger partial charge in [-0.3, -0.25) is 4.79 Å². The molecule has 2 aromatic rings. The number of hydrogen-bond donors (Lipinski definition) is 3. The molecular formula is C21H28FIN4O2. The summed E-state index contributed by atoms with van der Waals surface area (Å²) in [6.45, 7) is 7.37. The van der Waals surface area contributed by atoms with Crippen LogP contribution < -0.4 is 20.7 Å². The average molecular weight is 514 g/mol. The Morgan fingerprint density at radius 2 is 1.97 bits per heavy atom. The molecule has 0 fully saturated rings. The van der Waals surface area contributed by atoms with Crippen LogP contribution in [0, 0.1) is 12.7 Å². The van der Waals surface area contributed by atoms with E-state index in [0.29, 0.717) is 42.7 Å². The van der Waals surface area contributed by atoms with Crippen molar-refractivity contribution in [2.45, 2.75) is 27.3 Å². The first-order valence-corrected chi connectivity index (χ1v) is 9.25. The van der Waals surface area contributed by atoms with Crippen molar-refractivity contribution in [3.63, 3.8) is 0 Å². The number of carbonyl (C=O) groups is 1. The molecule has 2 rings (SSSR count). The molecule has 2 aromatic carbocycles. The maximum atomic E-state index is 13.4. The molecule has 0 atom stereocenters. The van der Waals surface area contributed by atoms with Gasteiger partial charge in [0.15, 0.2) is 5.96 Å². The Kier molecular flexibility index (Phi) is 11.0. The van der Waals surface area contributed by atoms with Gasteiger partial charge in [-0.1, -0.05) is 18.2 Å². The Bertz CT molecular complexity index is 830. The summed E-state index contributed by atoms with van der Waals surface area (Å²) in [7, 11) is 0. The van der Waals surface area contributed by atoms with Crippen LogP contribution in [0.1, 0.15) is 25.0 Å². The molecule has 6 nitrogen and oxygen atoms in total. The number of aryl methyl sites for hydroxylation is 1. The predicted molar refractivity (Wildman–Crippen MR) is 126 cm³/mol. The zero-order chi connectivity index (χ0) is 20.4. The number of carbonyl (C=O) groups excluding carboxylic acids is 1. The van der Waals surface area contributed by atoms with E-state index in [1.807, 2.05) is 19.1 Å². The molecular weight excluding hydrogens is 486 g/mol. The molecule has 0 aromatic heterocycles. The predicted octanol–water partition coefficient (Wildman–Crippen LogP) is 3.84. The second kappa shape index (κ2) is 13.0. The molecule has 0 saturated carbocycles.